The van der Waals surface area contributed by atoms with Crippen molar-refractivity contribution in [3.63, 3.8) is 0 Å². The minimum Gasteiger partial charge on any atom is -0.351 e. The fraction of sp³-hybridized carbons (Fsp3) is 0.789. The summed E-state index contributed by atoms with van der Waals surface area (Å²) in [5.74, 6) is 1.04. The van der Waals surface area contributed by atoms with Crippen molar-refractivity contribution in [2.75, 3.05) is 12.3 Å². The van der Waals surface area contributed by atoms with E-state index < -0.39 is 0 Å². The van der Waals surface area contributed by atoms with E-state index in [1.807, 2.05) is 0 Å². The van der Waals surface area contributed by atoms with E-state index in [4.69, 9.17) is 0 Å². The third-order valence-electron chi connectivity index (χ3n) is 6.17. The Hall–Kier alpha value is -0.550. The Labute approximate surface area is 154 Å². The zero-order chi connectivity index (χ0) is 17.0. The summed E-state index contributed by atoms with van der Waals surface area (Å²) in [5.41, 5.74) is 1.31. The number of thioether (sulfide) groups is 1. The van der Waals surface area contributed by atoms with Crippen LogP contribution in [0, 0.1) is 10.8 Å². The summed E-state index contributed by atoms with van der Waals surface area (Å²) in [6, 6.07) is 0. The van der Waals surface area contributed by atoms with Gasteiger partial charge in [-0.15, -0.1) is 11.3 Å². The predicted octanol–water partition coefficient (Wildman–Crippen LogP) is 5.52. The van der Waals surface area contributed by atoms with Crippen LogP contribution in [0.4, 0.5) is 0 Å². The number of unbranched alkanes of at least 4 members (excludes halogenated alkanes) is 1. The Bertz CT molecular complexity index is 545. The van der Waals surface area contributed by atoms with Crippen molar-refractivity contribution < 1.29 is 4.79 Å². The molecule has 0 saturated heterocycles. The quantitative estimate of drug-likeness (QED) is 0.487. The van der Waals surface area contributed by atoms with Crippen LogP contribution in [0.25, 0.3) is 0 Å². The van der Waals surface area contributed by atoms with E-state index in [0.29, 0.717) is 10.8 Å². The molecule has 3 nitrogen and oxygen atoms in total. The maximum Gasteiger partial charge on any atom is 0.263 e. The van der Waals surface area contributed by atoms with Crippen molar-refractivity contribution in [3.05, 3.63) is 11.1 Å². The van der Waals surface area contributed by atoms with E-state index >= 15 is 0 Å². The van der Waals surface area contributed by atoms with Crippen LogP contribution in [0.15, 0.2) is 10.5 Å². The zero-order valence-electron chi connectivity index (χ0n) is 15.0. The van der Waals surface area contributed by atoms with Crippen molar-refractivity contribution in [1.82, 2.24) is 10.3 Å². The predicted molar refractivity (Wildman–Crippen MR) is 103 cm³/mol. The van der Waals surface area contributed by atoms with Crippen molar-refractivity contribution >= 4 is 29.0 Å². The summed E-state index contributed by atoms with van der Waals surface area (Å²) in [6.45, 7) is 5.38. The number of amides is 1. The van der Waals surface area contributed by atoms with Crippen LogP contribution in [0.1, 0.15) is 81.3 Å². The third-order valence-corrected chi connectivity index (χ3v) is 8.21. The number of carbonyl (C=O) groups excluding carboxylic acids is 1. The molecule has 3 aliphatic carbocycles. The molecule has 134 valence electrons. The lowest BCUT2D eigenvalue weighted by atomic mass is 9.53. The molecule has 5 heteroatoms. The highest BCUT2D eigenvalue weighted by Gasteiger charge is 2.45. The third kappa shape index (κ3) is 4.34. The molecule has 4 rings (SSSR count). The molecule has 0 spiro atoms. The molecular formula is C19H30N2OS2. The van der Waals surface area contributed by atoms with Gasteiger partial charge >= 0.3 is 0 Å². The van der Waals surface area contributed by atoms with E-state index in [1.54, 1.807) is 18.0 Å². The molecule has 0 aliphatic heterocycles. The van der Waals surface area contributed by atoms with Gasteiger partial charge in [0.05, 0.1) is 6.20 Å². The molecule has 1 aromatic heterocycles. The van der Waals surface area contributed by atoms with Gasteiger partial charge in [0.2, 0.25) is 0 Å². The van der Waals surface area contributed by atoms with E-state index in [0.717, 1.165) is 27.9 Å². The number of nitrogens with one attached hydrogen (secondary N) is 1. The van der Waals surface area contributed by atoms with E-state index in [2.05, 4.69) is 24.1 Å². The van der Waals surface area contributed by atoms with Crippen LogP contribution in [0.2, 0.25) is 0 Å². The van der Waals surface area contributed by atoms with Crippen molar-refractivity contribution in [2.24, 2.45) is 10.8 Å². The molecule has 0 atom stereocenters. The average Bonchev–Trinajstić information content (AvgIpc) is 3.05. The molecule has 24 heavy (non-hydrogen) atoms. The molecule has 0 aromatic carbocycles. The molecule has 3 aliphatic rings. The van der Waals surface area contributed by atoms with Crippen LogP contribution in [0.5, 0.6) is 0 Å². The highest BCUT2D eigenvalue weighted by Crippen LogP contribution is 2.58. The summed E-state index contributed by atoms with van der Waals surface area (Å²) in [7, 11) is 0. The number of rotatable bonds is 8. The number of thiazole rings is 1. The lowest BCUT2D eigenvalue weighted by Crippen LogP contribution is -2.39. The van der Waals surface area contributed by atoms with E-state index in [9.17, 15) is 4.79 Å². The molecule has 3 fully saturated rings. The molecule has 0 unspecified atom stereocenters. The van der Waals surface area contributed by atoms with Crippen LogP contribution < -0.4 is 5.32 Å². The Kier molecular flexibility index (Phi) is 5.91. The Morgan fingerprint density at radius 2 is 1.96 bits per heavy atom. The first-order chi connectivity index (χ1) is 11.5. The van der Waals surface area contributed by atoms with Crippen LogP contribution in [0.3, 0.4) is 0 Å². The van der Waals surface area contributed by atoms with Crippen LogP contribution in [-0.4, -0.2) is 23.2 Å². The number of hydrogen-bond donors (Lipinski definition) is 1. The maximum atomic E-state index is 12.1. The summed E-state index contributed by atoms with van der Waals surface area (Å²) >= 11 is 3.19. The summed E-state index contributed by atoms with van der Waals surface area (Å²) in [4.78, 5) is 17.2. The molecule has 3 saturated carbocycles. The van der Waals surface area contributed by atoms with Gasteiger partial charge in [0.1, 0.15) is 4.88 Å². The van der Waals surface area contributed by atoms with Crippen LogP contribution in [-0.2, 0) is 0 Å². The number of carbonyl (C=O) groups is 1. The number of hydrogen-bond acceptors (Lipinski definition) is 4. The van der Waals surface area contributed by atoms with Gasteiger partial charge in [0.25, 0.3) is 5.91 Å². The second-order valence-corrected chi connectivity index (χ2v) is 10.5. The molecule has 1 aromatic rings. The number of fused-ring (bicyclic) bond motifs is 3. The van der Waals surface area contributed by atoms with Gasteiger partial charge in [-0.3, -0.25) is 4.79 Å². The zero-order valence-corrected chi connectivity index (χ0v) is 16.7. The lowest BCUT2D eigenvalue weighted by Gasteiger charge is -2.52. The Morgan fingerprint density at radius 1 is 1.25 bits per heavy atom. The maximum absolute atomic E-state index is 12.1. The average molecular weight is 367 g/mol. The van der Waals surface area contributed by atoms with Crippen molar-refractivity contribution in [1.29, 1.82) is 0 Å². The van der Waals surface area contributed by atoms with Gasteiger partial charge < -0.3 is 5.32 Å². The number of nitrogens with zero attached hydrogens (tertiary/aromatic N) is 1. The first-order valence-electron chi connectivity index (χ1n) is 9.41. The Balaban J connectivity index is 1.34. The smallest absolute Gasteiger partial charge is 0.263 e. The van der Waals surface area contributed by atoms with Gasteiger partial charge in [0.15, 0.2) is 4.34 Å². The minimum atomic E-state index is 0.0414. The monoisotopic (exact) mass is 366 g/mol. The van der Waals surface area contributed by atoms with Gasteiger partial charge in [0, 0.05) is 6.54 Å². The highest BCUT2D eigenvalue weighted by atomic mass is 32.2. The lowest BCUT2D eigenvalue weighted by molar-refractivity contribution is -0.00400. The van der Waals surface area contributed by atoms with E-state index in [1.165, 1.54) is 62.7 Å². The van der Waals surface area contributed by atoms with Crippen molar-refractivity contribution in [2.45, 2.75) is 76.0 Å². The molecular weight excluding hydrogens is 336 g/mol. The molecule has 0 radical (unpaired) electrons. The van der Waals surface area contributed by atoms with E-state index in [-0.39, 0.29) is 5.91 Å². The standard InChI is InChI=1S/C19H30N2OS2/c1-3-23-17-21-14-15(24-17)16(22)20-13-5-4-6-19-10-7-18(2,8-11-19)9-12-19/h14H,3-13H2,1-2H3,(H,20,22). The van der Waals surface area contributed by atoms with Gasteiger partial charge in [-0.25, -0.2) is 4.98 Å². The molecule has 2 bridgehead atoms. The minimum absolute atomic E-state index is 0.0414. The highest BCUT2D eigenvalue weighted by molar-refractivity contribution is 8.01. The second-order valence-electron chi connectivity index (χ2n) is 7.95. The van der Waals surface area contributed by atoms with Gasteiger partial charge in [-0.2, -0.15) is 0 Å². The normalized spacial score (nSPS) is 28.9. The largest absolute Gasteiger partial charge is 0.351 e. The fourth-order valence-corrected chi connectivity index (χ4v) is 6.09. The molecule has 1 heterocycles. The summed E-state index contributed by atoms with van der Waals surface area (Å²) in [6.07, 6.45) is 14.0. The summed E-state index contributed by atoms with van der Waals surface area (Å²) < 4.78 is 0.989. The van der Waals surface area contributed by atoms with Crippen LogP contribution >= 0.6 is 23.1 Å². The number of aromatic nitrogens is 1. The Morgan fingerprint density at radius 3 is 2.62 bits per heavy atom. The first-order valence-corrected chi connectivity index (χ1v) is 11.2. The van der Waals surface area contributed by atoms with Gasteiger partial charge in [-0.1, -0.05) is 32.0 Å². The summed E-state index contributed by atoms with van der Waals surface area (Å²) in [5, 5.41) is 3.06. The molecule has 1 amide bonds. The van der Waals surface area contributed by atoms with Crippen molar-refractivity contribution in [3.8, 4) is 0 Å². The second kappa shape index (κ2) is 7.77. The molecule has 1 N–H and O–H groups in total. The topological polar surface area (TPSA) is 42.0 Å². The van der Waals surface area contributed by atoms with Gasteiger partial charge in [-0.05, 0) is 67.9 Å². The fourth-order valence-electron chi connectivity index (χ4n) is 4.29. The first kappa shape index (κ1) is 18.2. The SMILES string of the molecule is CCSc1ncc(C(=O)NCCCCC23CCC(C)(CC2)CC3)s1.